The summed E-state index contributed by atoms with van der Waals surface area (Å²) in [6, 6.07) is 54.7. The number of aromatic nitrogens is 4. The Hall–Kier alpha value is -6.08. The molecular formula is C44H26N4S2. The van der Waals surface area contributed by atoms with Gasteiger partial charge in [0, 0.05) is 58.1 Å². The van der Waals surface area contributed by atoms with Gasteiger partial charge in [-0.2, -0.15) is 0 Å². The van der Waals surface area contributed by atoms with E-state index < -0.39 is 0 Å². The number of fused-ring (bicyclic) bond motifs is 6. The summed E-state index contributed by atoms with van der Waals surface area (Å²) in [5.41, 5.74) is 8.99. The fourth-order valence-corrected chi connectivity index (χ4v) is 9.20. The number of rotatable bonds is 5. The summed E-state index contributed by atoms with van der Waals surface area (Å²) in [6.45, 7) is 0. The molecule has 0 amide bonds. The van der Waals surface area contributed by atoms with E-state index in [2.05, 4.69) is 127 Å². The number of benzene rings is 6. The van der Waals surface area contributed by atoms with Gasteiger partial charge in [0.05, 0.1) is 27.3 Å². The SMILES string of the molecule is c1ccc(-c2cc(-c3cccc4c3sc3cccc(-c5nc(-c6ccccc6)c6sc7ccccc7c6n5)c34)nc(-c3ccccc3)n2)cc1. The van der Waals surface area contributed by atoms with Crippen molar-refractivity contribution in [1.82, 2.24) is 19.9 Å². The summed E-state index contributed by atoms with van der Waals surface area (Å²) in [5, 5.41) is 3.48. The Labute approximate surface area is 296 Å². The van der Waals surface area contributed by atoms with Crippen LogP contribution >= 0.6 is 22.7 Å². The Bertz CT molecular complexity index is 2800. The summed E-state index contributed by atoms with van der Waals surface area (Å²) < 4.78 is 4.69. The molecule has 4 aromatic heterocycles. The van der Waals surface area contributed by atoms with Gasteiger partial charge < -0.3 is 0 Å². The predicted octanol–water partition coefficient (Wildman–Crippen LogP) is 12.3. The van der Waals surface area contributed by atoms with Crippen molar-refractivity contribution in [3.05, 3.63) is 158 Å². The summed E-state index contributed by atoms with van der Waals surface area (Å²) in [5.74, 6) is 1.44. The quantitative estimate of drug-likeness (QED) is 0.182. The van der Waals surface area contributed by atoms with Crippen LogP contribution in [0.4, 0.5) is 0 Å². The van der Waals surface area contributed by atoms with Crippen LogP contribution in [0.1, 0.15) is 0 Å². The summed E-state index contributed by atoms with van der Waals surface area (Å²) in [4.78, 5) is 20.8. The van der Waals surface area contributed by atoms with E-state index in [1.807, 2.05) is 30.3 Å². The molecule has 4 nitrogen and oxygen atoms in total. The summed E-state index contributed by atoms with van der Waals surface area (Å²) in [7, 11) is 0. The van der Waals surface area contributed by atoms with E-state index in [1.165, 1.54) is 19.5 Å². The molecule has 4 heterocycles. The topological polar surface area (TPSA) is 51.6 Å². The molecular weight excluding hydrogens is 649 g/mol. The Kier molecular flexibility index (Phi) is 6.82. The van der Waals surface area contributed by atoms with Crippen LogP contribution in [0.25, 0.3) is 97.0 Å². The van der Waals surface area contributed by atoms with Gasteiger partial charge in [0.1, 0.15) is 0 Å². The Balaban J connectivity index is 1.21. The highest BCUT2D eigenvalue weighted by atomic mass is 32.1. The number of hydrogen-bond acceptors (Lipinski definition) is 6. The molecule has 234 valence electrons. The fraction of sp³-hybridized carbons (Fsp3) is 0. The lowest BCUT2D eigenvalue weighted by Crippen LogP contribution is -1.96. The van der Waals surface area contributed by atoms with Crippen LogP contribution < -0.4 is 0 Å². The maximum absolute atomic E-state index is 5.33. The van der Waals surface area contributed by atoms with Gasteiger partial charge in [-0.25, -0.2) is 19.9 Å². The second-order valence-electron chi connectivity index (χ2n) is 12.2. The highest BCUT2D eigenvalue weighted by molar-refractivity contribution is 7.26. The molecule has 6 aromatic carbocycles. The molecule has 0 aliphatic carbocycles. The summed E-state index contributed by atoms with van der Waals surface area (Å²) in [6.07, 6.45) is 0. The van der Waals surface area contributed by atoms with Crippen LogP contribution in [-0.4, -0.2) is 19.9 Å². The molecule has 50 heavy (non-hydrogen) atoms. The maximum Gasteiger partial charge on any atom is 0.161 e. The first-order valence-electron chi connectivity index (χ1n) is 16.5. The van der Waals surface area contributed by atoms with Gasteiger partial charge in [-0.3, -0.25) is 0 Å². The fourth-order valence-electron chi connectivity index (χ4n) is 6.80. The minimum atomic E-state index is 0.707. The molecule has 0 unspecified atom stereocenters. The van der Waals surface area contributed by atoms with Crippen LogP contribution in [0.5, 0.6) is 0 Å². The van der Waals surface area contributed by atoms with Crippen LogP contribution in [0, 0.1) is 0 Å². The number of hydrogen-bond donors (Lipinski definition) is 0. The van der Waals surface area contributed by atoms with E-state index in [1.54, 1.807) is 22.7 Å². The minimum absolute atomic E-state index is 0.707. The first-order valence-corrected chi connectivity index (χ1v) is 18.1. The smallest absolute Gasteiger partial charge is 0.161 e. The molecule has 0 bridgehead atoms. The molecule has 0 saturated heterocycles. The van der Waals surface area contributed by atoms with Crippen LogP contribution in [-0.2, 0) is 0 Å². The minimum Gasteiger partial charge on any atom is -0.228 e. The van der Waals surface area contributed by atoms with Crippen LogP contribution in [0.2, 0.25) is 0 Å². The van der Waals surface area contributed by atoms with Gasteiger partial charge in [0.15, 0.2) is 11.6 Å². The highest BCUT2D eigenvalue weighted by Crippen LogP contribution is 2.45. The molecule has 0 N–H and O–H groups in total. The van der Waals surface area contributed by atoms with E-state index in [4.69, 9.17) is 19.9 Å². The lowest BCUT2D eigenvalue weighted by molar-refractivity contribution is 1.19. The van der Waals surface area contributed by atoms with Crippen molar-refractivity contribution in [2.45, 2.75) is 0 Å². The lowest BCUT2D eigenvalue weighted by atomic mass is 10.0. The van der Waals surface area contributed by atoms with Crippen molar-refractivity contribution in [1.29, 1.82) is 0 Å². The van der Waals surface area contributed by atoms with Gasteiger partial charge in [-0.15, -0.1) is 22.7 Å². The zero-order valence-electron chi connectivity index (χ0n) is 26.6. The molecule has 0 radical (unpaired) electrons. The average Bonchev–Trinajstić information content (AvgIpc) is 3.77. The molecule has 0 fully saturated rings. The number of thiophene rings is 2. The highest BCUT2D eigenvalue weighted by Gasteiger charge is 2.21. The van der Waals surface area contributed by atoms with Gasteiger partial charge in [0.2, 0.25) is 0 Å². The second-order valence-corrected chi connectivity index (χ2v) is 14.3. The van der Waals surface area contributed by atoms with Crippen LogP contribution in [0.15, 0.2) is 158 Å². The van der Waals surface area contributed by atoms with Crippen molar-refractivity contribution >= 4 is 63.1 Å². The molecule has 10 aromatic rings. The maximum atomic E-state index is 5.33. The first-order chi connectivity index (χ1) is 24.8. The van der Waals surface area contributed by atoms with E-state index in [0.717, 1.165) is 71.7 Å². The van der Waals surface area contributed by atoms with E-state index in [9.17, 15) is 0 Å². The zero-order chi connectivity index (χ0) is 33.0. The molecule has 0 spiro atoms. The van der Waals surface area contributed by atoms with E-state index in [-0.39, 0.29) is 0 Å². The lowest BCUT2D eigenvalue weighted by Gasteiger charge is -2.10. The van der Waals surface area contributed by atoms with E-state index in [0.29, 0.717) is 5.82 Å². The third-order valence-electron chi connectivity index (χ3n) is 9.13. The molecule has 0 aliphatic rings. The first kappa shape index (κ1) is 28.9. The monoisotopic (exact) mass is 674 g/mol. The zero-order valence-corrected chi connectivity index (χ0v) is 28.2. The van der Waals surface area contributed by atoms with Gasteiger partial charge >= 0.3 is 0 Å². The second kappa shape index (κ2) is 11.8. The molecule has 0 atom stereocenters. The third-order valence-corrected chi connectivity index (χ3v) is 11.5. The standard InChI is InChI=1S/C44H26N4S2/c1-4-14-27(15-5-1)34-26-35(46-43(45-34)29-18-8-3-9-19-29)30-21-12-22-32-38-33(23-13-25-37(38)50-41(30)32)44-47-39(28-16-6-2-7-17-28)42-40(48-44)31-20-10-11-24-36(31)49-42/h1-26H. The van der Waals surface area contributed by atoms with Crippen molar-refractivity contribution in [2.24, 2.45) is 0 Å². The molecule has 0 aliphatic heterocycles. The molecule has 10 rings (SSSR count). The Morgan fingerprint density at radius 1 is 0.380 bits per heavy atom. The van der Waals surface area contributed by atoms with Crippen molar-refractivity contribution in [3.8, 4) is 56.5 Å². The third kappa shape index (κ3) is 4.80. The van der Waals surface area contributed by atoms with E-state index >= 15 is 0 Å². The summed E-state index contributed by atoms with van der Waals surface area (Å²) >= 11 is 3.55. The average molecular weight is 675 g/mol. The Morgan fingerprint density at radius 2 is 0.980 bits per heavy atom. The van der Waals surface area contributed by atoms with Crippen LogP contribution in [0.3, 0.4) is 0 Å². The Morgan fingerprint density at radius 3 is 1.78 bits per heavy atom. The predicted molar refractivity (Wildman–Crippen MR) is 211 cm³/mol. The normalized spacial score (nSPS) is 11.6. The van der Waals surface area contributed by atoms with Gasteiger partial charge in [-0.1, -0.05) is 140 Å². The molecule has 6 heteroatoms. The van der Waals surface area contributed by atoms with Gasteiger partial charge in [0.25, 0.3) is 0 Å². The molecule has 0 saturated carbocycles. The van der Waals surface area contributed by atoms with Crippen molar-refractivity contribution in [2.75, 3.05) is 0 Å². The number of nitrogens with zero attached hydrogens (tertiary/aromatic N) is 4. The van der Waals surface area contributed by atoms with Crippen molar-refractivity contribution in [3.63, 3.8) is 0 Å². The van der Waals surface area contributed by atoms with Gasteiger partial charge in [-0.05, 0) is 18.2 Å². The van der Waals surface area contributed by atoms with Crippen molar-refractivity contribution < 1.29 is 0 Å². The largest absolute Gasteiger partial charge is 0.228 e.